The highest BCUT2D eigenvalue weighted by atomic mass is 32.1. The first-order valence-corrected chi connectivity index (χ1v) is 6.26. The summed E-state index contributed by atoms with van der Waals surface area (Å²) in [5.41, 5.74) is 6.33. The second-order valence-corrected chi connectivity index (χ2v) is 4.49. The maximum Gasteiger partial charge on any atom is 0.307 e. The van der Waals surface area contributed by atoms with Gasteiger partial charge in [-0.3, -0.25) is 4.79 Å². The minimum Gasteiger partial charge on any atom is -0.493 e. The number of anilines is 1. The minimum atomic E-state index is 0.0777. The van der Waals surface area contributed by atoms with Gasteiger partial charge in [-0.15, -0.1) is 0 Å². The summed E-state index contributed by atoms with van der Waals surface area (Å²) < 4.78 is 7.22. The summed E-state index contributed by atoms with van der Waals surface area (Å²) in [5, 5.41) is 1.79. The zero-order valence-corrected chi connectivity index (χ0v) is 10.2. The van der Waals surface area contributed by atoms with E-state index in [1.165, 1.54) is 11.3 Å². The van der Waals surface area contributed by atoms with Crippen LogP contribution in [-0.2, 0) is 6.54 Å². The standard InChI is InChI=1S/C12H14N2O2S/c13-10-3-1-4-11(9-10)16-7-2-5-14-6-8-17-12(14)15/h1,3-4,6,8-9H,2,5,7,13H2. The lowest BCUT2D eigenvalue weighted by Crippen LogP contribution is -2.13. The van der Waals surface area contributed by atoms with Crippen molar-refractivity contribution in [3.05, 3.63) is 45.5 Å². The molecule has 0 atom stereocenters. The van der Waals surface area contributed by atoms with Gasteiger partial charge >= 0.3 is 4.87 Å². The van der Waals surface area contributed by atoms with E-state index in [9.17, 15) is 4.79 Å². The largest absolute Gasteiger partial charge is 0.493 e. The molecule has 1 heterocycles. The lowest BCUT2D eigenvalue weighted by atomic mass is 10.3. The van der Waals surface area contributed by atoms with Crippen molar-refractivity contribution >= 4 is 17.0 Å². The fourth-order valence-electron chi connectivity index (χ4n) is 1.49. The Bertz CT molecular complexity index is 533. The third-order valence-corrected chi connectivity index (χ3v) is 3.01. The molecule has 0 aliphatic heterocycles. The molecular weight excluding hydrogens is 236 g/mol. The number of aromatic nitrogens is 1. The van der Waals surface area contributed by atoms with Gasteiger partial charge in [-0.1, -0.05) is 17.4 Å². The first-order chi connectivity index (χ1) is 8.25. The number of hydrogen-bond acceptors (Lipinski definition) is 4. The number of benzene rings is 1. The smallest absolute Gasteiger partial charge is 0.307 e. The Labute approximate surface area is 103 Å². The van der Waals surface area contributed by atoms with Crippen molar-refractivity contribution < 1.29 is 4.74 Å². The van der Waals surface area contributed by atoms with Gasteiger partial charge in [0.1, 0.15) is 5.75 Å². The van der Waals surface area contributed by atoms with Crippen molar-refractivity contribution in [2.45, 2.75) is 13.0 Å². The molecule has 0 amide bonds. The Morgan fingerprint density at radius 3 is 3.00 bits per heavy atom. The van der Waals surface area contributed by atoms with Crippen LogP contribution in [0.25, 0.3) is 0 Å². The number of ether oxygens (including phenoxy) is 1. The molecule has 0 spiro atoms. The van der Waals surface area contributed by atoms with Gasteiger partial charge in [-0.25, -0.2) is 0 Å². The highest BCUT2D eigenvalue weighted by molar-refractivity contribution is 7.07. The summed E-state index contributed by atoms with van der Waals surface area (Å²) in [5.74, 6) is 0.766. The van der Waals surface area contributed by atoms with Crippen LogP contribution >= 0.6 is 11.3 Å². The van der Waals surface area contributed by atoms with Crippen molar-refractivity contribution in [2.24, 2.45) is 0 Å². The molecule has 0 aliphatic rings. The van der Waals surface area contributed by atoms with E-state index < -0.39 is 0 Å². The van der Waals surface area contributed by atoms with Gasteiger partial charge in [0.25, 0.3) is 0 Å². The second-order valence-electron chi connectivity index (χ2n) is 3.64. The van der Waals surface area contributed by atoms with Crippen LogP contribution in [0.4, 0.5) is 5.69 Å². The summed E-state index contributed by atoms with van der Waals surface area (Å²) in [6.45, 7) is 1.26. The molecule has 0 aliphatic carbocycles. The molecule has 17 heavy (non-hydrogen) atoms. The lowest BCUT2D eigenvalue weighted by Gasteiger charge is -2.06. The molecule has 2 N–H and O–H groups in total. The molecule has 90 valence electrons. The molecule has 2 aromatic rings. The molecule has 0 saturated carbocycles. The van der Waals surface area contributed by atoms with E-state index >= 15 is 0 Å². The quantitative estimate of drug-likeness (QED) is 0.652. The summed E-state index contributed by atoms with van der Waals surface area (Å²) in [4.78, 5) is 11.3. The van der Waals surface area contributed by atoms with Gasteiger partial charge in [0.15, 0.2) is 0 Å². The van der Waals surface area contributed by atoms with Crippen molar-refractivity contribution in [2.75, 3.05) is 12.3 Å². The SMILES string of the molecule is Nc1cccc(OCCCn2ccsc2=O)c1. The van der Waals surface area contributed by atoms with Crippen LogP contribution in [0.15, 0.2) is 40.6 Å². The van der Waals surface area contributed by atoms with Crippen LogP contribution in [0.2, 0.25) is 0 Å². The topological polar surface area (TPSA) is 57.2 Å². The molecule has 5 heteroatoms. The zero-order chi connectivity index (χ0) is 12.1. The van der Waals surface area contributed by atoms with Crippen LogP contribution < -0.4 is 15.3 Å². The summed E-state index contributed by atoms with van der Waals surface area (Å²) in [7, 11) is 0. The normalized spacial score (nSPS) is 10.4. The fourth-order valence-corrected chi connectivity index (χ4v) is 2.10. The highest BCUT2D eigenvalue weighted by Crippen LogP contribution is 2.14. The maximum atomic E-state index is 11.3. The predicted octanol–water partition coefficient (Wildman–Crippen LogP) is 1.96. The number of nitrogens with zero attached hydrogens (tertiary/aromatic N) is 1. The summed E-state index contributed by atoms with van der Waals surface area (Å²) >= 11 is 1.21. The van der Waals surface area contributed by atoms with E-state index in [4.69, 9.17) is 10.5 Å². The fraction of sp³-hybridized carbons (Fsp3) is 0.250. The van der Waals surface area contributed by atoms with Gasteiger partial charge < -0.3 is 15.0 Å². The molecule has 0 saturated heterocycles. The lowest BCUT2D eigenvalue weighted by molar-refractivity contribution is 0.301. The number of nitrogen functional groups attached to an aromatic ring is 1. The second kappa shape index (κ2) is 5.54. The van der Waals surface area contributed by atoms with Crippen molar-refractivity contribution in [1.29, 1.82) is 0 Å². The first kappa shape index (κ1) is 11.7. The Morgan fingerprint density at radius 2 is 2.29 bits per heavy atom. The molecule has 0 radical (unpaired) electrons. The number of aryl methyl sites for hydroxylation is 1. The molecule has 1 aromatic carbocycles. The van der Waals surface area contributed by atoms with Crippen LogP contribution in [0.5, 0.6) is 5.75 Å². The highest BCUT2D eigenvalue weighted by Gasteiger charge is 1.97. The molecule has 0 bridgehead atoms. The Hall–Kier alpha value is -1.75. The van der Waals surface area contributed by atoms with Crippen molar-refractivity contribution in [1.82, 2.24) is 4.57 Å². The van der Waals surface area contributed by atoms with E-state index in [1.807, 2.05) is 18.2 Å². The van der Waals surface area contributed by atoms with Gasteiger partial charge in [0.2, 0.25) is 0 Å². The molecule has 1 aromatic heterocycles. The van der Waals surface area contributed by atoms with Gasteiger partial charge in [0, 0.05) is 29.9 Å². The van der Waals surface area contributed by atoms with E-state index in [0.29, 0.717) is 18.8 Å². The Kier molecular flexibility index (Phi) is 3.82. The number of hydrogen-bond donors (Lipinski definition) is 1. The molecule has 4 nitrogen and oxygen atoms in total. The van der Waals surface area contributed by atoms with E-state index in [-0.39, 0.29) is 4.87 Å². The van der Waals surface area contributed by atoms with E-state index in [1.54, 1.807) is 22.2 Å². The van der Waals surface area contributed by atoms with Crippen LogP contribution in [0.1, 0.15) is 6.42 Å². The van der Waals surface area contributed by atoms with Gasteiger partial charge in [-0.05, 0) is 18.6 Å². The zero-order valence-electron chi connectivity index (χ0n) is 9.33. The molecule has 2 rings (SSSR count). The first-order valence-electron chi connectivity index (χ1n) is 5.38. The minimum absolute atomic E-state index is 0.0777. The summed E-state index contributed by atoms with van der Waals surface area (Å²) in [6.07, 6.45) is 2.60. The average molecular weight is 250 g/mol. The summed E-state index contributed by atoms with van der Waals surface area (Å²) in [6, 6.07) is 7.33. The Balaban J connectivity index is 1.77. The average Bonchev–Trinajstić information content (AvgIpc) is 2.71. The molecule has 0 unspecified atom stereocenters. The van der Waals surface area contributed by atoms with Crippen molar-refractivity contribution in [3.63, 3.8) is 0 Å². The van der Waals surface area contributed by atoms with Crippen LogP contribution in [-0.4, -0.2) is 11.2 Å². The monoisotopic (exact) mass is 250 g/mol. The molecular formula is C12H14N2O2S. The third-order valence-electron chi connectivity index (χ3n) is 2.31. The molecule has 0 fully saturated rings. The predicted molar refractivity (Wildman–Crippen MR) is 69.5 cm³/mol. The van der Waals surface area contributed by atoms with E-state index in [2.05, 4.69) is 0 Å². The van der Waals surface area contributed by atoms with E-state index in [0.717, 1.165) is 12.2 Å². The number of rotatable bonds is 5. The van der Waals surface area contributed by atoms with Crippen LogP contribution in [0.3, 0.4) is 0 Å². The van der Waals surface area contributed by atoms with Crippen LogP contribution in [0, 0.1) is 0 Å². The third kappa shape index (κ3) is 3.35. The maximum absolute atomic E-state index is 11.3. The van der Waals surface area contributed by atoms with Gasteiger partial charge in [-0.2, -0.15) is 0 Å². The van der Waals surface area contributed by atoms with Crippen molar-refractivity contribution in [3.8, 4) is 5.75 Å². The number of thiazole rings is 1. The van der Waals surface area contributed by atoms with Gasteiger partial charge in [0.05, 0.1) is 6.61 Å². The number of nitrogens with two attached hydrogens (primary N) is 1. The Morgan fingerprint density at radius 1 is 1.41 bits per heavy atom.